The third-order valence-corrected chi connectivity index (χ3v) is 2.78. The van der Waals surface area contributed by atoms with Gasteiger partial charge in [-0.2, -0.15) is 0 Å². The van der Waals surface area contributed by atoms with Gasteiger partial charge in [0.05, 0.1) is 27.9 Å². The number of carbonyl (C=O) groups excluding carboxylic acids is 2. The van der Waals surface area contributed by atoms with Crippen molar-refractivity contribution in [3.63, 3.8) is 0 Å². The third kappa shape index (κ3) is 4.41. The minimum absolute atomic E-state index is 0.136. The monoisotopic (exact) mass is 308 g/mol. The largest absolute Gasteiger partial charge is 0.493 e. The summed E-state index contributed by atoms with van der Waals surface area (Å²) in [7, 11) is 4.40. The molecule has 7 nitrogen and oxygen atoms in total. The number of amides is 2. The molecule has 7 heteroatoms. The van der Waals surface area contributed by atoms with Gasteiger partial charge >= 0.3 is 0 Å². The first kappa shape index (κ1) is 17.4. The van der Waals surface area contributed by atoms with Gasteiger partial charge in [-0.15, -0.1) is 6.58 Å². The summed E-state index contributed by atoms with van der Waals surface area (Å²) in [5.41, 5.74) is 0.297. The van der Waals surface area contributed by atoms with Gasteiger partial charge in [-0.05, 0) is 12.1 Å². The van der Waals surface area contributed by atoms with Crippen LogP contribution in [0.4, 0.5) is 0 Å². The maximum absolute atomic E-state index is 12.1. The molecule has 0 spiro atoms. The Morgan fingerprint density at radius 1 is 1.09 bits per heavy atom. The number of ether oxygens (including phenoxy) is 3. The molecule has 0 fully saturated rings. The molecule has 1 aromatic rings. The van der Waals surface area contributed by atoms with Crippen LogP contribution >= 0.6 is 0 Å². The zero-order valence-electron chi connectivity index (χ0n) is 12.9. The molecule has 0 saturated carbocycles. The van der Waals surface area contributed by atoms with Crippen molar-refractivity contribution in [2.24, 2.45) is 0 Å². The highest BCUT2D eigenvalue weighted by molar-refractivity contribution is 5.97. The minimum atomic E-state index is -0.423. The molecule has 2 N–H and O–H groups in total. The van der Waals surface area contributed by atoms with Crippen LogP contribution in [0.15, 0.2) is 24.8 Å². The summed E-state index contributed by atoms with van der Waals surface area (Å²) in [6, 6.07) is 3.02. The maximum Gasteiger partial charge on any atom is 0.251 e. The van der Waals surface area contributed by atoms with Crippen LogP contribution < -0.4 is 24.8 Å². The second-order valence-corrected chi connectivity index (χ2v) is 4.19. The molecular weight excluding hydrogens is 288 g/mol. The highest BCUT2D eigenvalue weighted by atomic mass is 16.5. The quantitative estimate of drug-likeness (QED) is 0.692. The normalized spacial score (nSPS) is 9.59. The van der Waals surface area contributed by atoms with Crippen LogP contribution in [0.5, 0.6) is 17.2 Å². The number of methoxy groups -OCH3 is 3. The Hall–Kier alpha value is -2.70. The van der Waals surface area contributed by atoms with Crippen LogP contribution in [0.1, 0.15) is 10.4 Å². The number of carbonyl (C=O) groups is 2. The molecule has 0 saturated heterocycles. The van der Waals surface area contributed by atoms with Crippen LogP contribution in [0.2, 0.25) is 0 Å². The highest BCUT2D eigenvalue weighted by Crippen LogP contribution is 2.38. The van der Waals surface area contributed by atoms with Crippen molar-refractivity contribution in [3.05, 3.63) is 30.4 Å². The molecular formula is C15H20N2O5. The predicted octanol–water partition coefficient (Wildman–Crippen LogP) is 0.744. The SMILES string of the molecule is C=CCNC(=O)CNC(=O)c1cc(OC)c(OC)c(OC)c1. The molecule has 0 heterocycles. The summed E-state index contributed by atoms with van der Waals surface area (Å²) < 4.78 is 15.5. The van der Waals surface area contributed by atoms with E-state index in [9.17, 15) is 9.59 Å². The van der Waals surface area contributed by atoms with E-state index >= 15 is 0 Å². The van der Waals surface area contributed by atoms with Gasteiger partial charge < -0.3 is 24.8 Å². The molecule has 1 aromatic carbocycles. The van der Waals surface area contributed by atoms with Crippen molar-refractivity contribution in [1.29, 1.82) is 0 Å². The fourth-order valence-corrected chi connectivity index (χ4v) is 1.72. The predicted molar refractivity (Wildman–Crippen MR) is 81.6 cm³/mol. The van der Waals surface area contributed by atoms with E-state index in [0.29, 0.717) is 29.4 Å². The van der Waals surface area contributed by atoms with Gasteiger partial charge in [-0.3, -0.25) is 9.59 Å². The molecule has 120 valence electrons. The van der Waals surface area contributed by atoms with Gasteiger partial charge in [0.25, 0.3) is 5.91 Å². The lowest BCUT2D eigenvalue weighted by molar-refractivity contribution is -0.119. The number of nitrogens with one attached hydrogen (secondary N) is 2. The maximum atomic E-state index is 12.1. The van der Waals surface area contributed by atoms with Crippen LogP contribution in [0, 0.1) is 0 Å². The topological polar surface area (TPSA) is 85.9 Å². The van der Waals surface area contributed by atoms with Crippen molar-refractivity contribution >= 4 is 11.8 Å². The first-order valence-electron chi connectivity index (χ1n) is 6.53. The van der Waals surface area contributed by atoms with E-state index < -0.39 is 5.91 Å². The minimum Gasteiger partial charge on any atom is -0.493 e. The summed E-state index contributed by atoms with van der Waals surface area (Å²) in [4.78, 5) is 23.5. The zero-order chi connectivity index (χ0) is 16.5. The Kier molecular flexibility index (Phi) is 6.75. The van der Waals surface area contributed by atoms with Crippen LogP contribution in [-0.2, 0) is 4.79 Å². The summed E-state index contributed by atoms with van der Waals surface area (Å²) in [5.74, 6) is 0.394. The molecule has 0 aromatic heterocycles. The Balaban J connectivity index is 2.85. The lowest BCUT2D eigenvalue weighted by Crippen LogP contribution is -2.36. The molecule has 0 bridgehead atoms. The summed E-state index contributed by atoms with van der Waals surface area (Å²) >= 11 is 0. The standard InChI is InChI=1S/C15H20N2O5/c1-5-6-16-13(18)9-17-15(19)10-7-11(20-2)14(22-4)12(8-10)21-3/h5,7-8H,1,6,9H2,2-4H3,(H,16,18)(H,17,19). The number of hydrogen-bond acceptors (Lipinski definition) is 5. The van der Waals surface area contributed by atoms with E-state index in [1.165, 1.54) is 33.5 Å². The molecule has 1 rings (SSSR count). The van der Waals surface area contributed by atoms with Crippen LogP contribution in [0.25, 0.3) is 0 Å². The first-order valence-corrected chi connectivity index (χ1v) is 6.53. The fraction of sp³-hybridized carbons (Fsp3) is 0.333. The van der Waals surface area contributed by atoms with E-state index in [-0.39, 0.29) is 12.5 Å². The molecule has 22 heavy (non-hydrogen) atoms. The van der Waals surface area contributed by atoms with Gasteiger partial charge in [-0.1, -0.05) is 6.08 Å². The average Bonchev–Trinajstić information content (AvgIpc) is 2.55. The van der Waals surface area contributed by atoms with Crippen LogP contribution in [0.3, 0.4) is 0 Å². The van der Waals surface area contributed by atoms with E-state index in [0.717, 1.165) is 0 Å². The zero-order valence-corrected chi connectivity index (χ0v) is 12.9. The molecule has 0 unspecified atom stereocenters. The number of rotatable bonds is 8. The summed E-state index contributed by atoms with van der Waals surface area (Å²) in [6.45, 7) is 3.70. The molecule has 0 aliphatic heterocycles. The average molecular weight is 308 g/mol. The third-order valence-electron chi connectivity index (χ3n) is 2.78. The number of hydrogen-bond donors (Lipinski definition) is 2. The van der Waals surface area contributed by atoms with E-state index in [4.69, 9.17) is 14.2 Å². The van der Waals surface area contributed by atoms with Crippen molar-refractivity contribution in [2.45, 2.75) is 0 Å². The number of benzene rings is 1. The second-order valence-electron chi connectivity index (χ2n) is 4.19. The smallest absolute Gasteiger partial charge is 0.251 e. The van der Waals surface area contributed by atoms with Crippen molar-refractivity contribution in [2.75, 3.05) is 34.4 Å². The van der Waals surface area contributed by atoms with E-state index in [2.05, 4.69) is 17.2 Å². The first-order chi connectivity index (χ1) is 10.6. The van der Waals surface area contributed by atoms with Gasteiger partial charge in [0.2, 0.25) is 11.7 Å². The van der Waals surface area contributed by atoms with Crippen molar-refractivity contribution in [1.82, 2.24) is 10.6 Å². The molecule has 0 aliphatic rings. The van der Waals surface area contributed by atoms with Crippen molar-refractivity contribution < 1.29 is 23.8 Å². The molecule has 0 aliphatic carbocycles. The van der Waals surface area contributed by atoms with Gasteiger partial charge in [0.15, 0.2) is 11.5 Å². The second kappa shape index (κ2) is 8.56. The van der Waals surface area contributed by atoms with Gasteiger partial charge in [0, 0.05) is 12.1 Å². The van der Waals surface area contributed by atoms with E-state index in [1.807, 2.05) is 0 Å². The van der Waals surface area contributed by atoms with E-state index in [1.54, 1.807) is 6.08 Å². The Morgan fingerprint density at radius 3 is 2.14 bits per heavy atom. The lowest BCUT2D eigenvalue weighted by atomic mass is 10.1. The Bertz CT molecular complexity index is 532. The van der Waals surface area contributed by atoms with Crippen LogP contribution in [-0.4, -0.2) is 46.2 Å². The summed E-state index contributed by atoms with van der Waals surface area (Å²) in [6.07, 6.45) is 1.55. The molecule has 2 amide bonds. The Labute approximate surface area is 129 Å². The highest BCUT2D eigenvalue weighted by Gasteiger charge is 2.17. The Morgan fingerprint density at radius 2 is 1.68 bits per heavy atom. The summed E-state index contributed by atoms with van der Waals surface area (Å²) in [5, 5.41) is 5.07. The van der Waals surface area contributed by atoms with Crippen molar-refractivity contribution in [3.8, 4) is 17.2 Å². The lowest BCUT2D eigenvalue weighted by Gasteiger charge is -2.14. The van der Waals surface area contributed by atoms with Gasteiger partial charge in [-0.25, -0.2) is 0 Å². The molecule has 0 atom stereocenters. The molecule has 0 radical (unpaired) electrons. The fourth-order valence-electron chi connectivity index (χ4n) is 1.72. The van der Waals surface area contributed by atoms with Gasteiger partial charge in [0.1, 0.15) is 0 Å².